The summed E-state index contributed by atoms with van der Waals surface area (Å²) in [6.07, 6.45) is 0. The van der Waals surface area contributed by atoms with E-state index in [0.717, 1.165) is 0 Å². The lowest BCUT2D eigenvalue weighted by atomic mass is 9.81. The van der Waals surface area contributed by atoms with Crippen molar-refractivity contribution in [1.82, 2.24) is 0 Å². The highest BCUT2D eigenvalue weighted by atomic mass is 16.6. The SMILES string of the molecule is Cc1cccc2c1C(=O)c1c(cccc1[N+](=O)[O-])C2=O. The monoisotopic (exact) mass is 267 g/mol. The van der Waals surface area contributed by atoms with E-state index in [1.54, 1.807) is 25.1 Å². The summed E-state index contributed by atoms with van der Waals surface area (Å²) in [7, 11) is 0. The first-order valence-corrected chi connectivity index (χ1v) is 5.99. The number of fused-ring (bicyclic) bond motifs is 2. The number of ketones is 2. The number of nitro benzene ring substituents is 1. The molecular formula is C15H9NO4. The molecule has 0 unspecified atom stereocenters. The maximum Gasteiger partial charge on any atom is 0.281 e. The van der Waals surface area contributed by atoms with Gasteiger partial charge in [-0.3, -0.25) is 19.7 Å². The number of nitro groups is 1. The Kier molecular flexibility index (Phi) is 2.50. The zero-order valence-corrected chi connectivity index (χ0v) is 10.5. The topological polar surface area (TPSA) is 77.3 Å². The summed E-state index contributed by atoms with van der Waals surface area (Å²) >= 11 is 0. The molecule has 5 nitrogen and oxygen atoms in total. The summed E-state index contributed by atoms with van der Waals surface area (Å²) in [5.74, 6) is -0.804. The molecule has 0 radical (unpaired) electrons. The molecule has 0 heterocycles. The van der Waals surface area contributed by atoms with Crippen molar-refractivity contribution in [2.45, 2.75) is 6.92 Å². The van der Waals surface area contributed by atoms with Crippen molar-refractivity contribution in [2.75, 3.05) is 0 Å². The average molecular weight is 267 g/mol. The second kappa shape index (κ2) is 4.09. The highest BCUT2D eigenvalue weighted by Crippen LogP contribution is 2.34. The van der Waals surface area contributed by atoms with Crippen LogP contribution in [0, 0.1) is 17.0 Å². The molecule has 2 aromatic rings. The molecule has 0 aliphatic heterocycles. The number of rotatable bonds is 1. The van der Waals surface area contributed by atoms with Gasteiger partial charge in [-0.2, -0.15) is 0 Å². The van der Waals surface area contributed by atoms with Crippen LogP contribution in [0.5, 0.6) is 0 Å². The van der Waals surface area contributed by atoms with Gasteiger partial charge in [0.2, 0.25) is 5.78 Å². The molecule has 0 bridgehead atoms. The molecule has 0 spiro atoms. The quantitative estimate of drug-likeness (QED) is 0.501. The fourth-order valence-electron chi connectivity index (χ4n) is 2.55. The third kappa shape index (κ3) is 1.50. The van der Waals surface area contributed by atoms with Gasteiger partial charge in [-0.15, -0.1) is 0 Å². The van der Waals surface area contributed by atoms with Crippen LogP contribution in [0.2, 0.25) is 0 Å². The Morgan fingerprint density at radius 1 is 0.900 bits per heavy atom. The van der Waals surface area contributed by atoms with Gasteiger partial charge in [-0.05, 0) is 18.6 Å². The number of hydrogen-bond donors (Lipinski definition) is 0. The summed E-state index contributed by atoms with van der Waals surface area (Å²) in [6.45, 7) is 1.71. The number of aryl methyl sites for hydroxylation is 1. The van der Waals surface area contributed by atoms with Crippen molar-refractivity contribution < 1.29 is 14.5 Å². The van der Waals surface area contributed by atoms with Gasteiger partial charge in [0.1, 0.15) is 5.56 Å². The fraction of sp³-hybridized carbons (Fsp3) is 0.0667. The lowest BCUT2D eigenvalue weighted by Gasteiger charge is -2.18. The Morgan fingerprint density at radius 3 is 2.15 bits per heavy atom. The first-order valence-electron chi connectivity index (χ1n) is 5.99. The van der Waals surface area contributed by atoms with E-state index in [2.05, 4.69) is 0 Å². The van der Waals surface area contributed by atoms with E-state index < -0.39 is 10.7 Å². The second-order valence-electron chi connectivity index (χ2n) is 4.61. The summed E-state index contributed by atoms with van der Waals surface area (Å²) in [5.41, 5.74) is 0.883. The highest BCUT2D eigenvalue weighted by Gasteiger charge is 2.35. The van der Waals surface area contributed by atoms with Gasteiger partial charge in [0.25, 0.3) is 5.69 Å². The van der Waals surface area contributed by atoms with Crippen LogP contribution >= 0.6 is 0 Å². The highest BCUT2D eigenvalue weighted by molar-refractivity contribution is 6.30. The van der Waals surface area contributed by atoms with E-state index >= 15 is 0 Å². The summed E-state index contributed by atoms with van der Waals surface area (Å²) in [4.78, 5) is 35.4. The molecule has 5 heteroatoms. The summed E-state index contributed by atoms with van der Waals surface area (Å²) in [5, 5.41) is 11.1. The smallest absolute Gasteiger partial charge is 0.281 e. The number of benzene rings is 2. The van der Waals surface area contributed by atoms with Crippen LogP contribution in [0.1, 0.15) is 37.4 Å². The van der Waals surface area contributed by atoms with Crippen LogP contribution in [0.4, 0.5) is 5.69 Å². The van der Waals surface area contributed by atoms with E-state index in [-0.39, 0.29) is 28.2 Å². The van der Waals surface area contributed by atoms with Crippen molar-refractivity contribution >= 4 is 17.3 Å². The van der Waals surface area contributed by atoms with Gasteiger partial charge >= 0.3 is 0 Å². The number of carbonyl (C=O) groups is 2. The number of carbonyl (C=O) groups excluding carboxylic acids is 2. The van der Waals surface area contributed by atoms with Gasteiger partial charge < -0.3 is 0 Å². The van der Waals surface area contributed by atoms with E-state index in [1.807, 2.05) is 0 Å². The second-order valence-corrected chi connectivity index (χ2v) is 4.61. The molecule has 0 saturated heterocycles. The van der Waals surface area contributed by atoms with Crippen molar-refractivity contribution in [3.8, 4) is 0 Å². The number of hydrogen-bond acceptors (Lipinski definition) is 4. The maximum absolute atomic E-state index is 12.5. The molecular weight excluding hydrogens is 258 g/mol. The third-order valence-corrected chi connectivity index (χ3v) is 3.46. The van der Waals surface area contributed by atoms with Gasteiger partial charge in [0, 0.05) is 22.8 Å². The van der Waals surface area contributed by atoms with Crippen molar-refractivity contribution in [2.24, 2.45) is 0 Å². The summed E-state index contributed by atoms with van der Waals surface area (Å²) < 4.78 is 0. The molecule has 20 heavy (non-hydrogen) atoms. The van der Waals surface area contributed by atoms with E-state index in [4.69, 9.17) is 0 Å². The summed E-state index contributed by atoms with van der Waals surface area (Å²) in [6, 6.07) is 9.10. The van der Waals surface area contributed by atoms with Crippen molar-refractivity contribution in [3.05, 3.63) is 74.3 Å². The lowest BCUT2D eigenvalue weighted by Crippen LogP contribution is -2.23. The van der Waals surface area contributed by atoms with Crippen LogP contribution in [0.3, 0.4) is 0 Å². The molecule has 0 atom stereocenters. The minimum absolute atomic E-state index is 0.0994. The molecule has 0 saturated carbocycles. The van der Waals surface area contributed by atoms with Gasteiger partial charge in [-0.25, -0.2) is 0 Å². The maximum atomic E-state index is 12.5. The molecule has 98 valence electrons. The zero-order valence-electron chi connectivity index (χ0n) is 10.5. The molecule has 1 aliphatic carbocycles. The Labute approximate surface area is 114 Å². The minimum Gasteiger partial charge on any atom is -0.289 e. The number of nitrogens with zero attached hydrogens (tertiary/aromatic N) is 1. The van der Waals surface area contributed by atoms with Gasteiger partial charge in [0.05, 0.1) is 4.92 Å². The van der Waals surface area contributed by atoms with Crippen molar-refractivity contribution in [3.63, 3.8) is 0 Å². The van der Waals surface area contributed by atoms with Gasteiger partial charge in [0.15, 0.2) is 5.78 Å². The van der Waals surface area contributed by atoms with Crippen LogP contribution in [0.15, 0.2) is 36.4 Å². The Hall–Kier alpha value is -2.82. The predicted octanol–water partition coefficient (Wildman–Crippen LogP) is 2.68. The van der Waals surface area contributed by atoms with Gasteiger partial charge in [-0.1, -0.05) is 24.3 Å². The average Bonchev–Trinajstić information content (AvgIpc) is 2.43. The van der Waals surface area contributed by atoms with E-state index in [9.17, 15) is 19.7 Å². The largest absolute Gasteiger partial charge is 0.289 e. The Morgan fingerprint density at radius 2 is 1.50 bits per heavy atom. The van der Waals surface area contributed by atoms with Crippen LogP contribution in [-0.2, 0) is 0 Å². The van der Waals surface area contributed by atoms with Crippen molar-refractivity contribution in [1.29, 1.82) is 0 Å². The first-order chi connectivity index (χ1) is 9.52. The normalized spacial score (nSPS) is 12.8. The van der Waals surface area contributed by atoms with E-state index in [1.165, 1.54) is 18.2 Å². The molecule has 0 aromatic heterocycles. The predicted molar refractivity (Wildman–Crippen MR) is 71.1 cm³/mol. The molecule has 0 fully saturated rings. The van der Waals surface area contributed by atoms with Crippen LogP contribution < -0.4 is 0 Å². The first kappa shape index (κ1) is 12.2. The third-order valence-electron chi connectivity index (χ3n) is 3.46. The molecule has 0 amide bonds. The molecule has 2 aromatic carbocycles. The van der Waals surface area contributed by atoms with E-state index in [0.29, 0.717) is 11.1 Å². The molecule has 0 N–H and O–H groups in total. The van der Waals surface area contributed by atoms with Crippen LogP contribution in [-0.4, -0.2) is 16.5 Å². The fourth-order valence-corrected chi connectivity index (χ4v) is 2.55. The standard InChI is InChI=1S/C15H9NO4/c1-8-4-2-5-9-12(8)15(18)13-10(14(9)17)6-3-7-11(13)16(19)20/h2-7H,1H3. The zero-order chi connectivity index (χ0) is 14.4. The minimum atomic E-state index is -0.632. The Balaban J connectivity index is 2.39. The lowest BCUT2D eigenvalue weighted by molar-refractivity contribution is -0.385. The Bertz CT molecular complexity index is 792. The van der Waals surface area contributed by atoms with Crippen LogP contribution in [0.25, 0.3) is 0 Å². The molecule has 1 aliphatic rings. The molecule has 3 rings (SSSR count).